The Morgan fingerprint density at radius 2 is 2.00 bits per heavy atom. The molecule has 1 aromatic rings. The quantitative estimate of drug-likeness (QED) is 0.762. The minimum absolute atomic E-state index is 0.171. The van der Waals surface area contributed by atoms with E-state index >= 15 is 0 Å². The van der Waals surface area contributed by atoms with Crippen molar-refractivity contribution < 1.29 is 19.7 Å². The monoisotopic (exact) mass is 210 g/mol. The fourth-order valence-electron chi connectivity index (χ4n) is 0.992. The number of ether oxygens (including phenoxy) is 1. The molecule has 0 radical (unpaired) electrons. The fraction of sp³-hybridized carbons (Fsp3) is 0.364. The maximum Gasteiger partial charge on any atom is 0.338 e. The van der Waals surface area contributed by atoms with Crippen molar-refractivity contribution in [3.05, 3.63) is 35.9 Å². The average Bonchev–Trinajstić information content (AvgIpc) is 2.27. The summed E-state index contributed by atoms with van der Waals surface area (Å²) >= 11 is 0. The van der Waals surface area contributed by atoms with Crippen LogP contribution in [0.2, 0.25) is 0 Å². The van der Waals surface area contributed by atoms with Gasteiger partial charge in [0.25, 0.3) is 0 Å². The van der Waals surface area contributed by atoms with E-state index in [1.807, 2.05) is 30.3 Å². The third-order valence-electron chi connectivity index (χ3n) is 2.15. The predicted octanol–water partition coefficient (Wildman–Crippen LogP) is 1.04. The molecule has 15 heavy (non-hydrogen) atoms. The number of carboxylic acids is 1. The lowest BCUT2D eigenvalue weighted by atomic mass is 10.1. The van der Waals surface area contributed by atoms with Gasteiger partial charge in [-0.2, -0.15) is 0 Å². The number of rotatable bonds is 5. The Hall–Kier alpha value is -1.39. The molecule has 0 aliphatic rings. The molecule has 0 saturated carbocycles. The van der Waals surface area contributed by atoms with Gasteiger partial charge in [-0.3, -0.25) is 0 Å². The third-order valence-corrected chi connectivity index (χ3v) is 2.15. The molecule has 0 aliphatic carbocycles. The second-order valence-electron chi connectivity index (χ2n) is 3.47. The molecule has 0 aliphatic heterocycles. The van der Waals surface area contributed by atoms with Crippen LogP contribution in [0.25, 0.3) is 0 Å². The predicted molar refractivity (Wildman–Crippen MR) is 54.4 cm³/mol. The molecule has 0 fully saturated rings. The van der Waals surface area contributed by atoms with E-state index in [1.54, 1.807) is 0 Å². The van der Waals surface area contributed by atoms with Crippen molar-refractivity contribution in [2.45, 2.75) is 19.1 Å². The van der Waals surface area contributed by atoms with Gasteiger partial charge in [0.15, 0.2) is 5.60 Å². The summed E-state index contributed by atoms with van der Waals surface area (Å²) in [6, 6.07) is 9.22. The van der Waals surface area contributed by atoms with E-state index in [4.69, 9.17) is 14.9 Å². The molecule has 0 bridgehead atoms. The molecule has 2 N–H and O–H groups in total. The zero-order valence-electron chi connectivity index (χ0n) is 8.51. The van der Waals surface area contributed by atoms with E-state index in [2.05, 4.69) is 0 Å². The Labute approximate surface area is 88.1 Å². The molecule has 1 rings (SSSR count). The summed E-state index contributed by atoms with van der Waals surface area (Å²) in [4.78, 5) is 10.8. The average molecular weight is 210 g/mol. The first kappa shape index (κ1) is 11.7. The number of benzene rings is 1. The topological polar surface area (TPSA) is 66.8 Å². The molecular formula is C11H14O4. The van der Waals surface area contributed by atoms with E-state index in [9.17, 15) is 4.79 Å². The van der Waals surface area contributed by atoms with Gasteiger partial charge in [-0.25, -0.2) is 4.79 Å². The molecule has 1 aromatic carbocycles. The van der Waals surface area contributed by atoms with Crippen molar-refractivity contribution in [3.8, 4) is 0 Å². The fourth-order valence-corrected chi connectivity index (χ4v) is 0.992. The molecule has 0 amide bonds. The minimum atomic E-state index is -1.53. The number of carboxylic acid groups (broad SMARTS) is 1. The molecule has 0 spiro atoms. The first-order valence-electron chi connectivity index (χ1n) is 4.60. The Bertz CT molecular complexity index is 323. The second-order valence-corrected chi connectivity index (χ2v) is 3.47. The molecule has 82 valence electrons. The van der Waals surface area contributed by atoms with Crippen LogP contribution < -0.4 is 0 Å². The van der Waals surface area contributed by atoms with Gasteiger partial charge >= 0.3 is 5.97 Å². The summed E-state index contributed by atoms with van der Waals surface area (Å²) in [5.74, 6) is -1.17. The van der Waals surface area contributed by atoms with Gasteiger partial charge in [-0.1, -0.05) is 30.3 Å². The zero-order valence-corrected chi connectivity index (χ0v) is 8.51. The van der Waals surface area contributed by atoms with Crippen LogP contribution in [-0.4, -0.2) is 28.4 Å². The van der Waals surface area contributed by atoms with Crippen LogP contribution in [0.1, 0.15) is 12.5 Å². The van der Waals surface area contributed by atoms with E-state index in [0.29, 0.717) is 0 Å². The largest absolute Gasteiger partial charge is 0.479 e. The zero-order chi connectivity index (χ0) is 11.3. The van der Waals surface area contributed by atoms with Gasteiger partial charge in [0.2, 0.25) is 0 Å². The molecule has 4 nitrogen and oxygen atoms in total. The second kappa shape index (κ2) is 4.91. The lowest BCUT2D eigenvalue weighted by Crippen LogP contribution is -2.41. The lowest BCUT2D eigenvalue weighted by molar-refractivity contribution is -0.170. The summed E-state index contributed by atoms with van der Waals surface area (Å²) in [6.45, 7) is 0.970. The molecule has 1 unspecified atom stereocenters. The van der Waals surface area contributed by atoms with Crippen LogP contribution >= 0.6 is 0 Å². The number of hydrogen-bond donors (Lipinski definition) is 2. The number of aliphatic hydroxyl groups is 1. The standard InChI is InChI=1S/C11H14O4/c1-11(8-12,10(13)14)15-7-9-5-3-2-4-6-9/h2-6,12H,7-8H2,1H3,(H,13,14). The summed E-state index contributed by atoms with van der Waals surface area (Å²) in [5, 5.41) is 17.8. The van der Waals surface area contributed by atoms with E-state index in [1.165, 1.54) is 6.92 Å². The first-order chi connectivity index (χ1) is 7.08. The Balaban J connectivity index is 2.59. The minimum Gasteiger partial charge on any atom is -0.479 e. The number of carbonyl (C=O) groups is 1. The molecule has 4 heteroatoms. The maximum absolute atomic E-state index is 10.8. The van der Waals surface area contributed by atoms with Crippen LogP contribution in [0.4, 0.5) is 0 Å². The Morgan fingerprint density at radius 1 is 1.40 bits per heavy atom. The SMILES string of the molecule is CC(CO)(OCc1ccccc1)C(=O)O. The first-order valence-corrected chi connectivity index (χ1v) is 4.60. The van der Waals surface area contributed by atoms with Crippen molar-refractivity contribution in [1.29, 1.82) is 0 Å². The maximum atomic E-state index is 10.8. The van der Waals surface area contributed by atoms with E-state index in [0.717, 1.165) is 5.56 Å². The van der Waals surface area contributed by atoms with Crippen LogP contribution in [0.5, 0.6) is 0 Å². The van der Waals surface area contributed by atoms with Gasteiger partial charge in [0.1, 0.15) is 0 Å². The number of aliphatic carboxylic acids is 1. The number of aliphatic hydroxyl groups excluding tert-OH is 1. The Kier molecular flexibility index (Phi) is 3.82. The van der Waals surface area contributed by atoms with Gasteiger partial charge in [0, 0.05) is 0 Å². The van der Waals surface area contributed by atoms with Crippen molar-refractivity contribution >= 4 is 5.97 Å². The highest BCUT2D eigenvalue weighted by atomic mass is 16.5. The molecule has 0 heterocycles. The van der Waals surface area contributed by atoms with Crippen LogP contribution in [0, 0.1) is 0 Å². The van der Waals surface area contributed by atoms with Crippen molar-refractivity contribution in [2.24, 2.45) is 0 Å². The highest BCUT2D eigenvalue weighted by molar-refractivity contribution is 5.77. The molecule has 0 aromatic heterocycles. The van der Waals surface area contributed by atoms with Gasteiger partial charge in [-0.05, 0) is 12.5 Å². The highest BCUT2D eigenvalue weighted by Gasteiger charge is 2.33. The van der Waals surface area contributed by atoms with E-state index in [-0.39, 0.29) is 6.61 Å². The molecule has 0 saturated heterocycles. The van der Waals surface area contributed by atoms with E-state index < -0.39 is 18.2 Å². The highest BCUT2D eigenvalue weighted by Crippen LogP contribution is 2.13. The van der Waals surface area contributed by atoms with Crippen molar-refractivity contribution in [1.82, 2.24) is 0 Å². The summed E-state index contributed by atoms with van der Waals surface area (Å²) in [7, 11) is 0. The van der Waals surface area contributed by atoms with Gasteiger partial charge in [0.05, 0.1) is 13.2 Å². The van der Waals surface area contributed by atoms with Crippen molar-refractivity contribution in [3.63, 3.8) is 0 Å². The lowest BCUT2D eigenvalue weighted by Gasteiger charge is -2.22. The summed E-state index contributed by atoms with van der Waals surface area (Å²) in [6.07, 6.45) is 0. The van der Waals surface area contributed by atoms with Gasteiger partial charge < -0.3 is 14.9 Å². The normalized spacial score (nSPS) is 14.5. The summed E-state index contributed by atoms with van der Waals surface area (Å²) < 4.78 is 5.18. The molecule has 1 atom stereocenters. The van der Waals surface area contributed by atoms with Crippen LogP contribution in [-0.2, 0) is 16.1 Å². The Morgan fingerprint density at radius 3 is 2.47 bits per heavy atom. The van der Waals surface area contributed by atoms with Crippen LogP contribution in [0.15, 0.2) is 30.3 Å². The van der Waals surface area contributed by atoms with Crippen LogP contribution in [0.3, 0.4) is 0 Å². The summed E-state index contributed by atoms with van der Waals surface area (Å²) in [5.41, 5.74) is -0.658. The number of hydrogen-bond acceptors (Lipinski definition) is 3. The smallest absolute Gasteiger partial charge is 0.338 e. The van der Waals surface area contributed by atoms with Gasteiger partial charge in [-0.15, -0.1) is 0 Å². The third kappa shape index (κ3) is 3.04. The van der Waals surface area contributed by atoms with Crippen molar-refractivity contribution in [2.75, 3.05) is 6.61 Å². The molecular weight excluding hydrogens is 196 g/mol.